The summed E-state index contributed by atoms with van der Waals surface area (Å²) >= 11 is 3.41. The maximum atomic E-state index is 12.3. The predicted molar refractivity (Wildman–Crippen MR) is 83.5 cm³/mol. The number of methoxy groups -OCH3 is 1. The van der Waals surface area contributed by atoms with E-state index in [9.17, 15) is 4.79 Å². The van der Waals surface area contributed by atoms with E-state index < -0.39 is 0 Å². The molecule has 0 saturated carbocycles. The number of hydrogen-bond acceptors (Lipinski definition) is 4. The minimum atomic E-state index is -0.296. The first-order chi connectivity index (χ1) is 10.1. The number of carbonyl (C=O) groups is 1. The summed E-state index contributed by atoms with van der Waals surface area (Å²) in [4.78, 5) is 12.3. The smallest absolute Gasteiger partial charge is 0.287 e. The molecule has 0 radical (unpaired) electrons. The highest BCUT2D eigenvalue weighted by molar-refractivity contribution is 9.10. The van der Waals surface area contributed by atoms with E-state index in [4.69, 9.17) is 14.3 Å². The van der Waals surface area contributed by atoms with Crippen molar-refractivity contribution in [3.8, 4) is 0 Å². The van der Waals surface area contributed by atoms with Crippen LogP contribution in [0.4, 0.5) is 0 Å². The van der Waals surface area contributed by atoms with E-state index in [0.29, 0.717) is 24.4 Å². The molecule has 21 heavy (non-hydrogen) atoms. The average molecular weight is 356 g/mol. The molecule has 1 heterocycles. The zero-order valence-electron chi connectivity index (χ0n) is 12.0. The molecule has 114 valence electrons. The Morgan fingerprint density at radius 2 is 2.29 bits per heavy atom. The van der Waals surface area contributed by atoms with E-state index in [2.05, 4.69) is 21.2 Å². The lowest BCUT2D eigenvalue weighted by atomic mass is 10.1. The van der Waals surface area contributed by atoms with E-state index in [-0.39, 0.29) is 18.6 Å². The Morgan fingerprint density at radius 3 is 2.95 bits per heavy atom. The number of carbonyl (C=O) groups excluding carboxylic acids is 1. The largest absolute Gasteiger partial charge is 0.451 e. The highest BCUT2D eigenvalue weighted by Crippen LogP contribution is 2.28. The molecule has 0 aliphatic carbocycles. The van der Waals surface area contributed by atoms with Gasteiger partial charge in [0.2, 0.25) is 0 Å². The van der Waals surface area contributed by atoms with Crippen molar-refractivity contribution in [1.29, 1.82) is 0 Å². The first-order valence-electron chi connectivity index (χ1n) is 6.66. The lowest BCUT2D eigenvalue weighted by Crippen LogP contribution is -2.38. The molecule has 2 rings (SSSR count). The molecule has 6 heteroatoms. The lowest BCUT2D eigenvalue weighted by molar-refractivity contribution is 0.0853. The second-order valence-electron chi connectivity index (χ2n) is 4.83. The van der Waals surface area contributed by atoms with Crippen molar-refractivity contribution in [2.45, 2.75) is 19.4 Å². The van der Waals surface area contributed by atoms with Crippen LogP contribution in [0.5, 0.6) is 0 Å². The summed E-state index contributed by atoms with van der Waals surface area (Å²) in [7, 11) is 1.56. The van der Waals surface area contributed by atoms with Gasteiger partial charge >= 0.3 is 0 Å². The van der Waals surface area contributed by atoms with Crippen molar-refractivity contribution in [2.75, 3.05) is 20.3 Å². The molecule has 0 bridgehead atoms. The predicted octanol–water partition coefficient (Wildman–Crippen LogP) is 2.63. The molecule has 0 spiro atoms. The van der Waals surface area contributed by atoms with Gasteiger partial charge in [0.25, 0.3) is 5.91 Å². The van der Waals surface area contributed by atoms with Crippen LogP contribution in [0.25, 0.3) is 11.0 Å². The normalized spacial score (nSPS) is 12.6. The number of aryl methyl sites for hydroxylation is 1. The summed E-state index contributed by atoms with van der Waals surface area (Å²) in [6, 6.07) is 5.37. The SMILES string of the molecule is COCC(CCO)NC(=O)c1oc2ccc(Br)cc2c1C. The van der Waals surface area contributed by atoms with Gasteiger partial charge in [0.15, 0.2) is 5.76 Å². The zero-order valence-corrected chi connectivity index (χ0v) is 13.6. The number of rotatable bonds is 6. The molecule has 2 N–H and O–H groups in total. The van der Waals surface area contributed by atoms with Crippen molar-refractivity contribution in [3.63, 3.8) is 0 Å². The van der Waals surface area contributed by atoms with Crippen LogP contribution in [0.15, 0.2) is 27.1 Å². The van der Waals surface area contributed by atoms with Gasteiger partial charge in [-0.3, -0.25) is 4.79 Å². The zero-order chi connectivity index (χ0) is 15.4. The van der Waals surface area contributed by atoms with Gasteiger partial charge in [-0.15, -0.1) is 0 Å². The minimum absolute atomic E-state index is 0.0135. The van der Waals surface area contributed by atoms with Crippen LogP contribution in [0.1, 0.15) is 22.5 Å². The molecular weight excluding hydrogens is 338 g/mol. The number of benzene rings is 1. The van der Waals surface area contributed by atoms with Gasteiger partial charge in [-0.1, -0.05) is 15.9 Å². The van der Waals surface area contributed by atoms with Gasteiger partial charge in [-0.25, -0.2) is 0 Å². The van der Waals surface area contributed by atoms with Gasteiger partial charge in [-0.2, -0.15) is 0 Å². The number of furan rings is 1. The number of nitrogens with one attached hydrogen (secondary N) is 1. The highest BCUT2D eigenvalue weighted by atomic mass is 79.9. The van der Waals surface area contributed by atoms with Crippen molar-refractivity contribution in [3.05, 3.63) is 34.0 Å². The minimum Gasteiger partial charge on any atom is -0.451 e. The molecule has 0 aliphatic heterocycles. The van der Waals surface area contributed by atoms with E-state index in [1.165, 1.54) is 0 Å². The molecule has 0 aliphatic rings. The average Bonchev–Trinajstić information content (AvgIpc) is 2.77. The molecule has 1 atom stereocenters. The van der Waals surface area contributed by atoms with Gasteiger partial charge < -0.3 is 19.6 Å². The number of hydrogen-bond donors (Lipinski definition) is 2. The fourth-order valence-electron chi connectivity index (χ4n) is 2.21. The highest BCUT2D eigenvalue weighted by Gasteiger charge is 2.20. The summed E-state index contributed by atoms with van der Waals surface area (Å²) in [5.41, 5.74) is 1.47. The number of ether oxygens (including phenoxy) is 1. The van der Waals surface area contributed by atoms with Gasteiger partial charge in [-0.05, 0) is 31.5 Å². The maximum Gasteiger partial charge on any atom is 0.287 e. The quantitative estimate of drug-likeness (QED) is 0.835. The number of aliphatic hydroxyl groups excluding tert-OH is 1. The van der Waals surface area contributed by atoms with Crippen molar-refractivity contribution >= 4 is 32.8 Å². The Balaban J connectivity index is 2.24. The molecule has 1 aromatic carbocycles. The first kappa shape index (κ1) is 16.0. The van der Waals surface area contributed by atoms with Crippen LogP contribution >= 0.6 is 15.9 Å². The number of aliphatic hydroxyl groups is 1. The van der Waals surface area contributed by atoms with Gasteiger partial charge in [0.05, 0.1) is 12.6 Å². The fourth-order valence-corrected chi connectivity index (χ4v) is 2.58. The number of fused-ring (bicyclic) bond motifs is 1. The molecule has 0 fully saturated rings. The summed E-state index contributed by atoms with van der Waals surface area (Å²) in [5.74, 6) is -0.00235. The van der Waals surface area contributed by atoms with Crippen LogP contribution in [0.2, 0.25) is 0 Å². The van der Waals surface area contributed by atoms with E-state index in [1.807, 2.05) is 25.1 Å². The van der Waals surface area contributed by atoms with E-state index >= 15 is 0 Å². The molecule has 5 nitrogen and oxygen atoms in total. The third kappa shape index (κ3) is 3.64. The van der Waals surface area contributed by atoms with Crippen LogP contribution in [0.3, 0.4) is 0 Å². The monoisotopic (exact) mass is 355 g/mol. The Morgan fingerprint density at radius 1 is 1.52 bits per heavy atom. The second kappa shape index (κ2) is 7.06. The summed E-state index contributed by atoms with van der Waals surface area (Å²) in [5, 5.41) is 12.7. The fraction of sp³-hybridized carbons (Fsp3) is 0.400. The number of halogens is 1. The van der Waals surface area contributed by atoms with E-state index in [0.717, 1.165) is 15.4 Å². The van der Waals surface area contributed by atoms with Crippen LogP contribution in [-0.2, 0) is 4.74 Å². The molecule has 1 unspecified atom stereocenters. The summed E-state index contributed by atoms with van der Waals surface area (Å²) in [6.07, 6.45) is 0.435. The number of amides is 1. The standard InChI is InChI=1S/C15H18BrNO4/c1-9-12-7-10(16)3-4-13(12)21-14(9)15(19)17-11(5-6-18)8-20-2/h3-4,7,11,18H,5-6,8H2,1-2H3,(H,17,19). The molecular formula is C15H18BrNO4. The van der Waals surface area contributed by atoms with Gasteiger partial charge in [0, 0.05) is 29.1 Å². The van der Waals surface area contributed by atoms with Crippen molar-refractivity contribution in [2.24, 2.45) is 0 Å². The molecule has 1 aromatic heterocycles. The third-order valence-electron chi connectivity index (χ3n) is 3.29. The van der Waals surface area contributed by atoms with Crippen LogP contribution in [0, 0.1) is 6.92 Å². The Bertz CT molecular complexity index is 632. The Hall–Kier alpha value is -1.37. The van der Waals surface area contributed by atoms with Crippen LogP contribution in [-0.4, -0.2) is 37.4 Å². The van der Waals surface area contributed by atoms with Crippen LogP contribution < -0.4 is 5.32 Å². The molecule has 1 amide bonds. The Kier molecular flexibility index (Phi) is 5.39. The van der Waals surface area contributed by atoms with Gasteiger partial charge in [0.1, 0.15) is 5.58 Å². The van der Waals surface area contributed by atoms with E-state index in [1.54, 1.807) is 7.11 Å². The summed E-state index contributed by atoms with van der Waals surface area (Å²) in [6.45, 7) is 2.18. The Labute approximate surface area is 131 Å². The van der Waals surface area contributed by atoms with Crippen molar-refractivity contribution < 1.29 is 19.1 Å². The second-order valence-corrected chi connectivity index (χ2v) is 5.75. The summed E-state index contributed by atoms with van der Waals surface area (Å²) < 4.78 is 11.6. The molecule has 2 aromatic rings. The lowest BCUT2D eigenvalue weighted by Gasteiger charge is -2.16. The first-order valence-corrected chi connectivity index (χ1v) is 7.45. The maximum absolute atomic E-state index is 12.3. The topological polar surface area (TPSA) is 71.7 Å². The third-order valence-corrected chi connectivity index (χ3v) is 3.78. The van der Waals surface area contributed by atoms with Crippen molar-refractivity contribution in [1.82, 2.24) is 5.32 Å². The molecule has 0 saturated heterocycles.